The number of rotatable bonds is 5. The van der Waals surface area contributed by atoms with Gasteiger partial charge < -0.3 is 20.1 Å². The van der Waals surface area contributed by atoms with E-state index in [1.54, 1.807) is 24.4 Å². The van der Waals surface area contributed by atoms with Crippen molar-refractivity contribution in [3.05, 3.63) is 40.6 Å². The minimum absolute atomic E-state index is 0.0441. The first kappa shape index (κ1) is 19.5. The van der Waals surface area contributed by atoms with Crippen molar-refractivity contribution in [2.75, 3.05) is 12.4 Å². The third-order valence-corrected chi connectivity index (χ3v) is 5.01. The lowest BCUT2D eigenvalue weighted by molar-refractivity contribution is 0.134. The summed E-state index contributed by atoms with van der Waals surface area (Å²) in [6.45, 7) is 0. The van der Waals surface area contributed by atoms with Crippen molar-refractivity contribution >= 4 is 34.9 Å². The number of carbonyl (C=O) groups is 1. The van der Waals surface area contributed by atoms with E-state index < -0.39 is 0 Å². The van der Waals surface area contributed by atoms with Gasteiger partial charge in [-0.25, -0.2) is 4.79 Å². The molecule has 3 rings (SSSR count). The second-order valence-corrected chi connectivity index (χ2v) is 7.03. The Morgan fingerprint density at radius 2 is 1.85 bits per heavy atom. The van der Waals surface area contributed by atoms with Crippen molar-refractivity contribution < 1.29 is 14.3 Å². The lowest BCUT2D eigenvalue weighted by Crippen LogP contribution is -2.41. The van der Waals surface area contributed by atoms with Crippen LogP contribution in [0, 0.1) is 0 Å². The van der Waals surface area contributed by atoms with Gasteiger partial charge in [0, 0.05) is 11.7 Å². The Morgan fingerprint density at radius 3 is 2.56 bits per heavy atom. The van der Waals surface area contributed by atoms with E-state index in [4.69, 9.17) is 32.7 Å². The van der Waals surface area contributed by atoms with Gasteiger partial charge in [0.05, 0.1) is 29.5 Å². The fourth-order valence-electron chi connectivity index (χ4n) is 2.91. The SMILES string of the molecule is COc1cncc(OC2CCC(NC(=O)Nc3ccc(Cl)c(Cl)c3)CC2)n1. The van der Waals surface area contributed by atoms with E-state index in [1.807, 2.05) is 0 Å². The highest BCUT2D eigenvalue weighted by Crippen LogP contribution is 2.26. The first-order valence-electron chi connectivity index (χ1n) is 8.58. The zero-order valence-corrected chi connectivity index (χ0v) is 16.3. The second kappa shape index (κ2) is 9.10. The number of carbonyl (C=O) groups excluding carboxylic acids is 1. The molecule has 0 atom stereocenters. The number of hydrogen-bond donors (Lipinski definition) is 2. The highest BCUT2D eigenvalue weighted by Gasteiger charge is 2.24. The molecular weight excluding hydrogens is 391 g/mol. The Balaban J connectivity index is 1.44. The number of aromatic nitrogens is 2. The summed E-state index contributed by atoms with van der Waals surface area (Å²) in [5.41, 5.74) is 0.593. The quantitative estimate of drug-likeness (QED) is 0.766. The van der Waals surface area contributed by atoms with Crippen LogP contribution in [0.5, 0.6) is 11.8 Å². The minimum atomic E-state index is -0.267. The maximum Gasteiger partial charge on any atom is 0.319 e. The molecule has 1 saturated carbocycles. The first-order chi connectivity index (χ1) is 13.0. The molecule has 1 aliphatic rings. The molecule has 1 aromatic heterocycles. The fraction of sp³-hybridized carbons (Fsp3) is 0.389. The zero-order valence-electron chi connectivity index (χ0n) is 14.7. The Labute approximate surface area is 167 Å². The van der Waals surface area contributed by atoms with Gasteiger partial charge in [0.15, 0.2) is 0 Å². The molecule has 1 fully saturated rings. The molecule has 0 bridgehead atoms. The molecule has 0 radical (unpaired) electrons. The Bertz CT molecular complexity index is 798. The highest BCUT2D eigenvalue weighted by molar-refractivity contribution is 6.42. The van der Waals surface area contributed by atoms with E-state index in [9.17, 15) is 4.79 Å². The number of methoxy groups -OCH3 is 1. The lowest BCUT2D eigenvalue weighted by Gasteiger charge is -2.29. The summed E-state index contributed by atoms with van der Waals surface area (Å²) in [6, 6.07) is 4.78. The van der Waals surface area contributed by atoms with Crippen LogP contribution in [0.25, 0.3) is 0 Å². The molecule has 2 N–H and O–H groups in total. The van der Waals surface area contributed by atoms with E-state index in [-0.39, 0.29) is 18.2 Å². The van der Waals surface area contributed by atoms with Crippen molar-refractivity contribution in [3.63, 3.8) is 0 Å². The Kier molecular flexibility index (Phi) is 6.58. The van der Waals surface area contributed by atoms with Crippen LogP contribution >= 0.6 is 23.2 Å². The minimum Gasteiger partial charge on any atom is -0.480 e. The number of nitrogens with one attached hydrogen (secondary N) is 2. The van der Waals surface area contributed by atoms with Crippen LogP contribution < -0.4 is 20.1 Å². The normalized spacial score (nSPS) is 19.2. The van der Waals surface area contributed by atoms with Crippen molar-refractivity contribution in [2.24, 2.45) is 0 Å². The molecule has 0 unspecified atom stereocenters. The Hall–Kier alpha value is -2.25. The van der Waals surface area contributed by atoms with Crippen LogP contribution in [0.15, 0.2) is 30.6 Å². The third kappa shape index (κ3) is 5.61. The largest absolute Gasteiger partial charge is 0.480 e. The standard InChI is InChI=1S/C18H20Cl2N4O3/c1-26-16-9-21-10-17(24-16)27-13-5-2-11(3-6-13)22-18(25)23-12-4-7-14(19)15(20)8-12/h4,7-11,13H,2-3,5-6H2,1H3,(H2,22,23,25). The lowest BCUT2D eigenvalue weighted by atomic mass is 9.93. The van der Waals surface area contributed by atoms with Gasteiger partial charge in [-0.3, -0.25) is 4.98 Å². The number of hydrogen-bond acceptors (Lipinski definition) is 5. The van der Waals surface area contributed by atoms with Crippen molar-refractivity contribution in [3.8, 4) is 11.8 Å². The molecule has 144 valence electrons. The maximum atomic E-state index is 12.2. The van der Waals surface area contributed by atoms with E-state index in [0.717, 1.165) is 25.7 Å². The first-order valence-corrected chi connectivity index (χ1v) is 9.34. The average Bonchev–Trinajstić information content (AvgIpc) is 2.66. The molecule has 7 nitrogen and oxygen atoms in total. The molecular formula is C18H20Cl2N4O3. The number of amides is 2. The van der Waals surface area contributed by atoms with Gasteiger partial charge in [-0.15, -0.1) is 0 Å². The predicted molar refractivity (Wildman–Crippen MR) is 104 cm³/mol. The van der Waals surface area contributed by atoms with Crippen LogP contribution in [0.1, 0.15) is 25.7 Å². The molecule has 2 amide bonds. The number of benzene rings is 1. The van der Waals surface area contributed by atoms with Crippen molar-refractivity contribution in [2.45, 2.75) is 37.8 Å². The zero-order chi connectivity index (χ0) is 19.2. The number of nitrogens with zero attached hydrogens (tertiary/aromatic N) is 2. The smallest absolute Gasteiger partial charge is 0.319 e. The predicted octanol–water partition coefficient (Wildman–Crippen LogP) is 4.30. The second-order valence-electron chi connectivity index (χ2n) is 6.22. The number of ether oxygens (including phenoxy) is 2. The fourth-order valence-corrected chi connectivity index (χ4v) is 3.21. The van der Waals surface area contributed by atoms with E-state index in [0.29, 0.717) is 27.5 Å². The summed E-state index contributed by atoms with van der Waals surface area (Å²) in [5.74, 6) is 0.866. The maximum absolute atomic E-state index is 12.2. The van der Waals surface area contributed by atoms with Gasteiger partial charge in [0.25, 0.3) is 0 Å². The summed E-state index contributed by atoms with van der Waals surface area (Å²) in [4.78, 5) is 20.4. The van der Waals surface area contributed by atoms with Gasteiger partial charge >= 0.3 is 6.03 Å². The van der Waals surface area contributed by atoms with Gasteiger partial charge in [0.1, 0.15) is 6.10 Å². The van der Waals surface area contributed by atoms with Gasteiger partial charge in [0.2, 0.25) is 11.8 Å². The Morgan fingerprint density at radius 1 is 1.11 bits per heavy atom. The molecule has 0 spiro atoms. The summed E-state index contributed by atoms with van der Waals surface area (Å²) in [7, 11) is 1.54. The van der Waals surface area contributed by atoms with E-state index in [2.05, 4.69) is 20.6 Å². The van der Waals surface area contributed by atoms with Crippen LogP contribution in [0.2, 0.25) is 10.0 Å². The molecule has 1 aromatic carbocycles. The highest BCUT2D eigenvalue weighted by atomic mass is 35.5. The number of anilines is 1. The van der Waals surface area contributed by atoms with Crippen LogP contribution in [0.3, 0.4) is 0 Å². The summed E-state index contributed by atoms with van der Waals surface area (Å²) < 4.78 is 10.9. The molecule has 9 heteroatoms. The van der Waals surface area contributed by atoms with Crippen LogP contribution in [-0.2, 0) is 0 Å². The molecule has 2 aromatic rings. The molecule has 27 heavy (non-hydrogen) atoms. The van der Waals surface area contributed by atoms with Crippen molar-refractivity contribution in [1.29, 1.82) is 0 Å². The number of urea groups is 1. The summed E-state index contributed by atoms with van der Waals surface area (Å²) in [5, 5.41) is 6.58. The molecule has 0 saturated heterocycles. The summed E-state index contributed by atoms with van der Waals surface area (Å²) >= 11 is 11.8. The van der Waals surface area contributed by atoms with Crippen molar-refractivity contribution in [1.82, 2.24) is 15.3 Å². The molecule has 1 heterocycles. The monoisotopic (exact) mass is 410 g/mol. The molecule has 0 aliphatic heterocycles. The average molecular weight is 411 g/mol. The molecule has 1 aliphatic carbocycles. The summed E-state index contributed by atoms with van der Waals surface area (Å²) in [6.07, 6.45) is 6.40. The number of halogens is 2. The van der Waals surface area contributed by atoms with Crippen LogP contribution in [0.4, 0.5) is 10.5 Å². The van der Waals surface area contributed by atoms with Gasteiger partial charge in [-0.05, 0) is 43.9 Å². The third-order valence-electron chi connectivity index (χ3n) is 4.27. The van der Waals surface area contributed by atoms with Crippen LogP contribution in [-0.4, -0.2) is 35.3 Å². The van der Waals surface area contributed by atoms with E-state index in [1.165, 1.54) is 13.3 Å². The van der Waals surface area contributed by atoms with Gasteiger partial charge in [-0.2, -0.15) is 4.98 Å². The van der Waals surface area contributed by atoms with E-state index >= 15 is 0 Å². The van der Waals surface area contributed by atoms with Gasteiger partial charge in [-0.1, -0.05) is 23.2 Å². The topological polar surface area (TPSA) is 85.4 Å².